The summed E-state index contributed by atoms with van der Waals surface area (Å²) in [5.41, 5.74) is 2.12. The van der Waals surface area contributed by atoms with E-state index < -0.39 is 0 Å². The molecule has 0 unspecified atom stereocenters. The maximum Gasteiger partial charge on any atom is 0.0647 e. The Morgan fingerprint density at radius 3 is 2.64 bits per heavy atom. The van der Waals surface area contributed by atoms with E-state index in [1.165, 1.54) is 0 Å². The van der Waals surface area contributed by atoms with Crippen LogP contribution in [0.4, 0.5) is 5.69 Å². The summed E-state index contributed by atoms with van der Waals surface area (Å²) in [6.07, 6.45) is 3.68. The zero-order valence-electron chi connectivity index (χ0n) is 7.59. The van der Waals surface area contributed by atoms with Crippen LogP contribution < -0.4 is 5.32 Å². The van der Waals surface area contributed by atoms with Gasteiger partial charge < -0.3 is 5.32 Å². The Morgan fingerprint density at radius 2 is 2.07 bits per heavy atom. The van der Waals surface area contributed by atoms with Crippen LogP contribution in [0.3, 0.4) is 0 Å². The zero-order chi connectivity index (χ0) is 9.80. The number of benzene rings is 1. The van der Waals surface area contributed by atoms with Crippen LogP contribution in [-0.2, 0) is 0 Å². The molecule has 0 saturated heterocycles. The lowest BCUT2D eigenvalue weighted by Gasteiger charge is -2.04. The Bertz CT molecular complexity index is 380. The van der Waals surface area contributed by atoms with Crippen LogP contribution in [0.25, 0.3) is 5.69 Å². The lowest BCUT2D eigenvalue weighted by atomic mass is 10.3. The lowest BCUT2D eigenvalue weighted by Crippen LogP contribution is -1.96. The monoisotopic (exact) mass is 205 g/mol. The predicted octanol–water partition coefficient (Wildman–Crippen LogP) is 2.17. The first-order valence-electron chi connectivity index (χ1n) is 4.35. The van der Waals surface area contributed by atoms with Gasteiger partial charge in [-0.15, -0.1) is 0 Å². The topological polar surface area (TPSA) is 29.9 Å². The van der Waals surface area contributed by atoms with Crippen LogP contribution in [-0.4, -0.2) is 15.7 Å². The molecule has 4 heteroatoms. The summed E-state index contributed by atoms with van der Waals surface area (Å²) in [5, 5.41) is 7.26. The van der Waals surface area contributed by atoms with E-state index in [9.17, 15) is 0 Å². The maximum atomic E-state index is 4.14. The quantitative estimate of drug-likeness (QED) is 0.594. The Balaban J connectivity index is 2.22. The molecule has 0 atom stereocenters. The van der Waals surface area contributed by atoms with Gasteiger partial charge in [0.15, 0.2) is 0 Å². The summed E-state index contributed by atoms with van der Waals surface area (Å²) >= 11 is 4.09. The summed E-state index contributed by atoms with van der Waals surface area (Å²) in [6, 6.07) is 9.94. The van der Waals surface area contributed by atoms with Gasteiger partial charge in [-0.2, -0.15) is 17.7 Å². The normalized spacial score (nSPS) is 10.1. The van der Waals surface area contributed by atoms with E-state index in [1.807, 2.05) is 41.2 Å². The van der Waals surface area contributed by atoms with Crippen LogP contribution in [0.15, 0.2) is 42.7 Å². The SMILES string of the molecule is SCNc1ccc(-n2cccn2)cc1. The third-order valence-corrected chi connectivity index (χ3v) is 2.08. The first-order valence-corrected chi connectivity index (χ1v) is 4.98. The molecule has 0 fully saturated rings. The van der Waals surface area contributed by atoms with Crippen LogP contribution in [0, 0.1) is 0 Å². The number of hydrogen-bond donors (Lipinski definition) is 2. The van der Waals surface area contributed by atoms with Gasteiger partial charge in [0.05, 0.1) is 11.6 Å². The minimum Gasteiger partial charge on any atom is -0.376 e. The first kappa shape index (κ1) is 9.15. The molecule has 72 valence electrons. The number of nitrogens with one attached hydrogen (secondary N) is 1. The van der Waals surface area contributed by atoms with Gasteiger partial charge in [0.1, 0.15) is 0 Å². The van der Waals surface area contributed by atoms with Crippen molar-refractivity contribution in [3.8, 4) is 5.69 Å². The van der Waals surface area contributed by atoms with Crippen LogP contribution in [0.5, 0.6) is 0 Å². The van der Waals surface area contributed by atoms with Crippen LogP contribution >= 0.6 is 12.6 Å². The number of hydrogen-bond acceptors (Lipinski definition) is 3. The van der Waals surface area contributed by atoms with Crippen molar-refractivity contribution in [1.29, 1.82) is 0 Å². The molecule has 0 radical (unpaired) electrons. The molecular weight excluding hydrogens is 194 g/mol. The van der Waals surface area contributed by atoms with Gasteiger partial charge in [0, 0.05) is 18.1 Å². The maximum absolute atomic E-state index is 4.14. The summed E-state index contributed by atoms with van der Waals surface area (Å²) in [4.78, 5) is 0. The van der Waals surface area contributed by atoms with E-state index in [0.717, 1.165) is 11.4 Å². The molecule has 2 aromatic rings. The van der Waals surface area contributed by atoms with Crippen molar-refractivity contribution in [3.63, 3.8) is 0 Å². The number of rotatable bonds is 3. The highest BCUT2D eigenvalue weighted by molar-refractivity contribution is 7.80. The van der Waals surface area contributed by atoms with Crippen molar-refractivity contribution >= 4 is 18.3 Å². The van der Waals surface area contributed by atoms with Crippen molar-refractivity contribution in [1.82, 2.24) is 9.78 Å². The summed E-state index contributed by atoms with van der Waals surface area (Å²) < 4.78 is 1.82. The van der Waals surface area contributed by atoms with E-state index in [4.69, 9.17) is 0 Å². The lowest BCUT2D eigenvalue weighted by molar-refractivity contribution is 0.881. The Hall–Kier alpha value is -1.42. The standard InChI is InChI=1S/C10H11N3S/c14-8-11-9-2-4-10(5-3-9)13-7-1-6-12-13/h1-7,11,14H,8H2. The van der Waals surface area contributed by atoms with Gasteiger partial charge in [-0.25, -0.2) is 4.68 Å². The van der Waals surface area contributed by atoms with Crippen molar-refractivity contribution in [2.24, 2.45) is 0 Å². The molecule has 0 amide bonds. The number of anilines is 1. The van der Waals surface area contributed by atoms with Gasteiger partial charge >= 0.3 is 0 Å². The van der Waals surface area contributed by atoms with E-state index in [2.05, 4.69) is 23.0 Å². The van der Waals surface area contributed by atoms with E-state index >= 15 is 0 Å². The second-order valence-electron chi connectivity index (χ2n) is 2.83. The molecule has 14 heavy (non-hydrogen) atoms. The number of aromatic nitrogens is 2. The second kappa shape index (κ2) is 4.19. The molecule has 0 aliphatic heterocycles. The largest absolute Gasteiger partial charge is 0.376 e. The fourth-order valence-corrected chi connectivity index (χ4v) is 1.43. The highest BCUT2D eigenvalue weighted by Crippen LogP contribution is 2.12. The minimum atomic E-state index is 0.640. The molecule has 1 N–H and O–H groups in total. The highest BCUT2D eigenvalue weighted by Gasteiger charge is 1.95. The molecule has 0 spiro atoms. The predicted molar refractivity (Wildman–Crippen MR) is 61.0 cm³/mol. The highest BCUT2D eigenvalue weighted by atomic mass is 32.1. The van der Waals surface area contributed by atoms with Crippen molar-refractivity contribution < 1.29 is 0 Å². The molecule has 1 heterocycles. The van der Waals surface area contributed by atoms with E-state index in [-0.39, 0.29) is 0 Å². The molecule has 2 rings (SSSR count). The summed E-state index contributed by atoms with van der Waals surface area (Å²) in [7, 11) is 0. The third kappa shape index (κ3) is 1.90. The summed E-state index contributed by atoms with van der Waals surface area (Å²) in [5.74, 6) is 0.640. The first-order chi connectivity index (χ1) is 6.90. The van der Waals surface area contributed by atoms with E-state index in [0.29, 0.717) is 5.88 Å². The smallest absolute Gasteiger partial charge is 0.0647 e. The molecule has 0 aliphatic carbocycles. The van der Waals surface area contributed by atoms with Gasteiger partial charge in [-0.3, -0.25) is 0 Å². The Morgan fingerprint density at radius 1 is 1.29 bits per heavy atom. The van der Waals surface area contributed by atoms with Crippen LogP contribution in [0.1, 0.15) is 0 Å². The van der Waals surface area contributed by atoms with Gasteiger partial charge in [-0.1, -0.05) is 0 Å². The third-order valence-electron chi connectivity index (χ3n) is 1.92. The average Bonchev–Trinajstić information content (AvgIpc) is 2.72. The van der Waals surface area contributed by atoms with Crippen molar-refractivity contribution in [3.05, 3.63) is 42.7 Å². The Kier molecular flexibility index (Phi) is 2.74. The molecule has 1 aromatic carbocycles. The zero-order valence-corrected chi connectivity index (χ0v) is 8.48. The minimum absolute atomic E-state index is 0.640. The molecule has 0 saturated carbocycles. The van der Waals surface area contributed by atoms with Gasteiger partial charge in [0.2, 0.25) is 0 Å². The second-order valence-corrected chi connectivity index (χ2v) is 3.15. The molecule has 1 aromatic heterocycles. The fraction of sp³-hybridized carbons (Fsp3) is 0.100. The molecule has 0 bridgehead atoms. The average molecular weight is 205 g/mol. The van der Waals surface area contributed by atoms with Gasteiger partial charge in [-0.05, 0) is 30.3 Å². The molecule has 3 nitrogen and oxygen atoms in total. The Labute approximate surface area is 88.2 Å². The number of nitrogens with zero attached hydrogens (tertiary/aromatic N) is 2. The number of thiol groups is 1. The van der Waals surface area contributed by atoms with Crippen molar-refractivity contribution in [2.75, 3.05) is 11.2 Å². The van der Waals surface area contributed by atoms with Crippen LogP contribution in [0.2, 0.25) is 0 Å². The molecule has 0 aliphatic rings. The molecular formula is C10H11N3S. The van der Waals surface area contributed by atoms with Crippen molar-refractivity contribution in [2.45, 2.75) is 0 Å². The van der Waals surface area contributed by atoms with E-state index in [1.54, 1.807) is 6.20 Å². The summed E-state index contributed by atoms with van der Waals surface area (Å²) in [6.45, 7) is 0. The fourth-order valence-electron chi connectivity index (χ4n) is 1.24. The van der Waals surface area contributed by atoms with Gasteiger partial charge in [0.25, 0.3) is 0 Å².